The van der Waals surface area contributed by atoms with Crippen molar-refractivity contribution in [1.29, 1.82) is 0 Å². The molecule has 4 rings (SSSR count). The average Bonchev–Trinajstić information content (AvgIpc) is 2.75. The van der Waals surface area contributed by atoms with Gasteiger partial charge in [-0.25, -0.2) is 4.68 Å². The van der Waals surface area contributed by atoms with Gasteiger partial charge in [-0.3, -0.25) is 9.59 Å². The van der Waals surface area contributed by atoms with Crippen molar-refractivity contribution in [2.45, 2.75) is 32.7 Å². The van der Waals surface area contributed by atoms with Gasteiger partial charge in [0.25, 0.3) is 11.5 Å². The first-order valence-electron chi connectivity index (χ1n) is 9.97. The Kier molecular flexibility index (Phi) is 5.38. The van der Waals surface area contributed by atoms with Crippen molar-refractivity contribution in [3.8, 4) is 0 Å². The fourth-order valence-electron chi connectivity index (χ4n) is 3.52. The zero-order valence-electron chi connectivity index (χ0n) is 16.4. The zero-order valence-corrected chi connectivity index (χ0v) is 16.4. The molecule has 1 amide bonds. The Labute approximate surface area is 169 Å². The molecule has 0 radical (unpaired) electrons. The highest BCUT2D eigenvalue weighted by Gasteiger charge is 2.17. The number of rotatable bonds is 6. The highest BCUT2D eigenvalue weighted by Crippen LogP contribution is 2.20. The average molecular weight is 385 g/mol. The number of unbranched alkanes of at least 4 members (excludes halogenated alkanes) is 2. The standard InChI is InChI=1S/C24H23N3O2/c1-2-3-8-15-27-24(29)21-12-7-6-11-20(21)22(26-27)23(28)25-19-14-13-17-9-4-5-10-18(17)16-19/h4-7,9-14,16H,2-3,8,15H2,1H3,(H,25,28). The van der Waals surface area contributed by atoms with Crippen LogP contribution in [0.3, 0.4) is 0 Å². The van der Waals surface area contributed by atoms with Crippen molar-refractivity contribution < 1.29 is 4.79 Å². The fraction of sp³-hybridized carbons (Fsp3) is 0.208. The van der Waals surface area contributed by atoms with E-state index in [1.807, 2.05) is 54.6 Å². The quantitative estimate of drug-likeness (QED) is 0.476. The maximum Gasteiger partial charge on any atom is 0.276 e. The summed E-state index contributed by atoms with van der Waals surface area (Å²) >= 11 is 0. The third-order valence-electron chi connectivity index (χ3n) is 5.06. The van der Waals surface area contributed by atoms with E-state index in [2.05, 4.69) is 17.3 Å². The third kappa shape index (κ3) is 3.90. The molecular formula is C24H23N3O2. The summed E-state index contributed by atoms with van der Waals surface area (Å²) in [5, 5.41) is 10.6. The molecule has 0 saturated carbocycles. The Hall–Kier alpha value is -3.47. The molecule has 0 aliphatic carbocycles. The lowest BCUT2D eigenvalue weighted by Gasteiger charge is -2.11. The SMILES string of the molecule is CCCCCn1nc(C(=O)Nc2ccc3ccccc3c2)c2ccccc2c1=O. The van der Waals surface area contributed by atoms with Crippen LogP contribution in [-0.2, 0) is 6.54 Å². The van der Waals surface area contributed by atoms with Gasteiger partial charge in [-0.1, -0.05) is 68.3 Å². The molecule has 0 saturated heterocycles. The second kappa shape index (κ2) is 8.27. The van der Waals surface area contributed by atoms with Crippen LogP contribution >= 0.6 is 0 Å². The predicted molar refractivity (Wildman–Crippen MR) is 117 cm³/mol. The molecule has 3 aromatic carbocycles. The van der Waals surface area contributed by atoms with Crippen LogP contribution in [0.15, 0.2) is 71.5 Å². The largest absolute Gasteiger partial charge is 0.321 e. The van der Waals surface area contributed by atoms with E-state index in [4.69, 9.17) is 0 Å². The van der Waals surface area contributed by atoms with Gasteiger partial charge < -0.3 is 5.32 Å². The summed E-state index contributed by atoms with van der Waals surface area (Å²) in [7, 11) is 0. The van der Waals surface area contributed by atoms with Crippen molar-refractivity contribution in [3.63, 3.8) is 0 Å². The zero-order chi connectivity index (χ0) is 20.2. The number of carbonyl (C=O) groups is 1. The lowest BCUT2D eigenvalue weighted by Crippen LogP contribution is -2.27. The van der Waals surface area contributed by atoms with Gasteiger partial charge in [-0.05, 0) is 35.4 Å². The minimum atomic E-state index is -0.319. The first kappa shape index (κ1) is 18.9. The molecule has 4 aromatic rings. The third-order valence-corrected chi connectivity index (χ3v) is 5.06. The summed E-state index contributed by atoms with van der Waals surface area (Å²) in [6.45, 7) is 2.62. The van der Waals surface area contributed by atoms with Crippen LogP contribution in [0.25, 0.3) is 21.5 Å². The van der Waals surface area contributed by atoms with Crippen molar-refractivity contribution in [3.05, 3.63) is 82.8 Å². The van der Waals surface area contributed by atoms with Crippen molar-refractivity contribution in [2.24, 2.45) is 0 Å². The maximum absolute atomic E-state index is 13.1. The summed E-state index contributed by atoms with van der Waals surface area (Å²) in [6, 6.07) is 20.9. The number of amides is 1. The molecule has 1 aromatic heterocycles. The van der Waals surface area contributed by atoms with E-state index in [9.17, 15) is 9.59 Å². The summed E-state index contributed by atoms with van der Waals surface area (Å²) in [5.41, 5.74) is 0.812. The molecule has 0 unspecified atom stereocenters. The van der Waals surface area contributed by atoms with Crippen LogP contribution < -0.4 is 10.9 Å². The minimum absolute atomic E-state index is 0.154. The predicted octanol–water partition coefficient (Wildman–Crippen LogP) is 4.99. The van der Waals surface area contributed by atoms with Gasteiger partial charge >= 0.3 is 0 Å². The van der Waals surface area contributed by atoms with Gasteiger partial charge in [0.05, 0.1) is 5.39 Å². The molecule has 0 spiro atoms. The van der Waals surface area contributed by atoms with Crippen molar-refractivity contribution in [2.75, 3.05) is 5.32 Å². The van der Waals surface area contributed by atoms with Gasteiger partial charge in [0.2, 0.25) is 0 Å². The number of nitrogens with zero attached hydrogens (tertiary/aromatic N) is 2. The Morgan fingerprint density at radius 1 is 0.931 bits per heavy atom. The van der Waals surface area contributed by atoms with Crippen LogP contribution in [0.4, 0.5) is 5.69 Å². The number of aryl methyl sites for hydroxylation is 1. The van der Waals surface area contributed by atoms with Crippen LogP contribution in [0, 0.1) is 0 Å². The van der Waals surface area contributed by atoms with E-state index in [1.54, 1.807) is 12.1 Å². The first-order valence-corrected chi connectivity index (χ1v) is 9.97. The monoisotopic (exact) mass is 385 g/mol. The second-order valence-electron chi connectivity index (χ2n) is 7.15. The number of nitrogens with one attached hydrogen (secondary N) is 1. The van der Waals surface area contributed by atoms with E-state index in [0.29, 0.717) is 23.0 Å². The fourth-order valence-corrected chi connectivity index (χ4v) is 3.52. The number of hydrogen-bond donors (Lipinski definition) is 1. The number of fused-ring (bicyclic) bond motifs is 2. The van der Waals surface area contributed by atoms with Crippen molar-refractivity contribution in [1.82, 2.24) is 9.78 Å². The summed E-state index contributed by atoms with van der Waals surface area (Å²) in [5.74, 6) is -0.319. The number of benzene rings is 3. The van der Waals surface area contributed by atoms with Gasteiger partial charge in [0.1, 0.15) is 0 Å². The molecule has 0 bridgehead atoms. The van der Waals surface area contributed by atoms with Crippen LogP contribution in [-0.4, -0.2) is 15.7 Å². The molecule has 5 nitrogen and oxygen atoms in total. The van der Waals surface area contributed by atoms with Crippen LogP contribution in [0.2, 0.25) is 0 Å². The number of hydrogen-bond acceptors (Lipinski definition) is 3. The Morgan fingerprint density at radius 2 is 1.66 bits per heavy atom. The summed E-state index contributed by atoms with van der Waals surface area (Å²) < 4.78 is 1.42. The number of carbonyl (C=O) groups excluding carboxylic acids is 1. The number of aromatic nitrogens is 2. The molecule has 1 N–H and O–H groups in total. The van der Waals surface area contributed by atoms with E-state index >= 15 is 0 Å². The van der Waals surface area contributed by atoms with Crippen molar-refractivity contribution >= 4 is 33.1 Å². The van der Waals surface area contributed by atoms with Gasteiger partial charge in [-0.2, -0.15) is 5.10 Å². The topological polar surface area (TPSA) is 64.0 Å². The van der Waals surface area contributed by atoms with E-state index in [1.165, 1.54) is 4.68 Å². The second-order valence-corrected chi connectivity index (χ2v) is 7.15. The molecule has 0 fully saturated rings. The van der Waals surface area contributed by atoms with E-state index < -0.39 is 0 Å². The Morgan fingerprint density at radius 3 is 2.45 bits per heavy atom. The molecule has 0 aliphatic rings. The smallest absolute Gasteiger partial charge is 0.276 e. The summed E-state index contributed by atoms with van der Waals surface area (Å²) in [6.07, 6.45) is 2.92. The molecule has 29 heavy (non-hydrogen) atoms. The first-order chi connectivity index (χ1) is 14.2. The lowest BCUT2D eigenvalue weighted by molar-refractivity contribution is 0.102. The highest BCUT2D eigenvalue weighted by molar-refractivity contribution is 6.11. The highest BCUT2D eigenvalue weighted by atomic mass is 16.2. The van der Waals surface area contributed by atoms with Gasteiger partial charge in [0, 0.05) is 17.6 Å². The molecule has 0 aliphatic heterocycles. The Balaban J connectivity index is 1.71. The lowest BCUT2D eigenvalue weighted by atomic mass is 10.1. The van der Waals surface area contributed by atoms with Crippen LogP contribution in [0.1, 0.15) is 36.7 Å². The normalized spacial score (nSPS) is 11.1. The Bertz CT molecular complexity index is 1240. The van der Waals surface area contributed by atoms with Gasteiger partial charge in [-0.15, -0.1) is 0 Å². The molecule has 0 atom stereocenters. The molecular weight excluding hydrogens is 362 g/mol. The summed E-state index contributed by atoms with van der Waals surface area (Å²) in [4.78, 5) is 25.8. The van der Waals surface area contributed by atoms with E-state index in [-0.39, 0.29) is 17.2 Å². The molecule has 146 valence electrons. The van der Waals surface area contributed by atoms with E-state index in [0.717, 1.165) is 30.0 Å². The molecule has 1 heterocycles. The maximum atomic E-state index is 13.1. The minimum Gasteiger partial charge on any atom is -0.321 e. The number of anilines is 1. The molecule has 5 heteroatoms. The van der Waals surface area contributed by atoms with Crippen LogP contribution in [0.5, 0.6) is 0 Å². The van der Waals surface area contributed by atoms with Gasteiger partial charge in [0.15, 0.2) is 5.69 Å².